The minimum absolute atomic E-state index is 0.0187. The first-order valence-corrected chi connectivity index (χ1v) is 13.4. The van der Waals surface area contributed by atoms with E-state index in [1.54, 1.807) is 17.0 Å². The van der Waals surface area contributed by atoms with Gasteiger partial charge in [-0.05, 0) is 30.4 Å². The fraction of sp³-hybridized carbons (Fsp3) is 0.400. The van der Waals surface area contributed by atoms with Gasteiger partial charge in [-0.3, -0.25) is 14.5 Å². The molecule has 0 unspecified atom stereocenters. The third kappa shape index (κ3) is 4.20. The van der Waals surface area contributed by atoms with E-state index in [-0.39, 0.29) is 29.9 Å². The first-order valence-electron chi connectivity index (χ1n) is 11.5. The Morgan fingerprint density at radius 3 is 2.21 bits per heavy atom. The van der Waals surface area contributed by atoms with Crippen LogP contribution in [0.2, 0.25) is 0 Å². The number of urea groups is 1. The topological polar surface area (TPSA) is 104 Å². The van der Waals surface area contributed by atoms with Gasteiger partial charge in [-0.25, -0.2) is 13.2 Å². The number of imide groups is 1. The molecule has 2 atom stereocenters. The molecule has 3 aliphatic rings. The molecule has 1 saturated carbocycles. The van der Waals surface area contributed by atoms with Crippen LogP contribution in [0.15, 0.2) is 60.7 Å². The smallest absolute Gasteiger partial charge is 0.325 e. The fourth-order valence-electron chi connectivity index (χ4n) is 5.08. The number of amides is 4. The molecule has 2 aromatic rings. The lowest BCUT2D eigenvalue weighted by Gasteiger charge is -2.30. The number of nitrogens with zero attached hydrogens (tertiary/aromatic N) is 2. The number of hydrogen-bond donors (Lipinski definition) is 1. The number of benzene rings is 2. The number of carbonyl (C=O) groups excluding carboxylic acids is 3. The van der Waals surface area contributed by atoms with Crippen molar-refractivity contribution in [1.29, 1.82) is 0 Å². The lowest BCUT2D eigenvalue weighted by atomic mass is 9.83. The Hall–Kier alpha value is -3.20. The van der Waals surface area contributed by atoms with E-state index in [4.69, 9.17) is 0 Å². The Balaban J connectivity index is 1.42. The van der Waals surface area contributed by atoms with Crippen LogP contribution in [0.3, 0.4) is 0 Å². The van der Waals surface area contributed by atoms with Crippen molar-refractivity contribution in [1.82, 2.24) is 15.1 Å². The standard InChI is InChI=1S/C25H27N3O5S/c29-22(28(20-11-12-20)21-13-14-34(32,33)17-21)16-27-23(30)25(26-24(27)31,19-9-5-2-6-10-19)15-18-7-3-1-4-8-18/h1-10,20-21H,11-17H2,(H,26,31)/t21-,25+/m0/s1. The molecule has 5 rings (SSSR count). The van der Waals surface area contributed by atoms with Crippen LogP contribution >= 0.6 is 0 Å². The molecule has 2 heterocycles. The van der Waals surface area contributed by atoms with Crippen molar-refractivity contribution in [2.24, 2.45) is 0 Å². The first kappa shape index (κ1) is 22.6. The molecule has 3 fully saturated rings. The second kappa shape index (κ2) is 8.54. The zero-order valence-corrected chi connectivity index (χ0v) is 19.5. The highest BCUT2D eigenvalue weighted by molar-refractivity contribution is 7.91. The molecule has 0 bridgehead atoms. The summed E-state index contributed by atoms with van der Waals surface area (Å²) in [6.07, 6.45) is 2.27. The monoisotopic (exact) mass is 481 g/mol. The van der Waals surface area contributed by atoms with E-state index >= 15 is 0 Å². The Morgan fingerprint density at radius 1 is 0.971 bits per heavy atom. The predicted octanol–water partition coefficient (Wildman–Crippen LogP) is 1.85. The second-order valence-electron chi connectivity index (χ2n) is 9.34. The van der Waals surface area contributed by atoms with Crippen molar-refractivity contribution in [3.63, 3.8) is 0 Å². The van der Waals surface area contributed by atoms with Crippen molar-refractivity contribution in [3.05, 3.63) is 71.8 Å². The quantitative estimate of drug-likeness (QED) is 0.608. The Kier molecular flexibility index (Phi) is 5.67. The van der Waals surface area contributed by atoms with Gasteiger partial charge in [-0.2, -0.15) is 0 Å². The summed E-state index contributed by atoms with van der Waals surface area (Å²) in [6, 6.07) is 17.4. The van der Waals surface area contributed by atoms with Crippen molar-refractivity contribution in [3.8, 4) is 0 Å². The van der Waals surface area contributed by atoms with Gasteiger partial charge < -0.3 is 10.2 Å². The van der Waals surface area contributed by atoms with E-state index in [0.29, 0.717) is 12.0 Å². The summed E-state index contributed by atoms with van der Waals surface area (Å²) in [5.41, 5.74) is 0.207. The van der Waals surface area contributed by atoms with E-state index in [1.165, 1.54) is 0 Å². The average molecular weight is 482 g/mol. The molecule has 1 aliphatic carbocycles. The molecule has 178 valence electrons. The van der Waals surface area contributed by atoms with Gasteiger partial charge >= 0.3 is 6.03 Å². The number of carbonyl (C=O) groups is 3. The third-order valence-electron chi connectivity index (χ3n) is 6.88. The Labute approximate surface area is 198 Å². The molecule has 2 aliphatic heterocycles. The van der Waals surface area contributed by atoms with Crippen molar-refractivity contribution in [2.75, 3.05) is 18.1 Å². The Morgan fingerprint density at radius 2 is 1.62 bits per heavy atom. The SMILES string of the molecule is O=C1N[C@](Cc2ccccc2)(c2ccccc2)C(=O)N1CC(=O)N(C1CC1)[C@H]1CCS(=O)(=O)C1. The molecule has 1 N–H and O–H groups in total. The first-order chi connectivity index (χ1) is 16.3. The maximum absolute atomic E-state index is 13.8. The summed E-state index contributed by atoms with van der Waals surface area (Å²) < 4.78 is 24.0. The molecule has 0 spiro atoms. The van der Waals surface area contributed by atoms with Crippen LogP contribution in [0.4, 0.5) is 4.79 Å². The summed E-state index contributed by atoms with van der Waals surface area (Å²) in [7, 11) is -3.17. The molecule has 2 aromatic carbocycles. The normalized spacial score (nSPS) is 25.9. The van der Waals surface area contributed by atoms with Crippen LogP contribution in [-0.4, -0.2) is 66.2 Å². The molecule has 4 amide bonds. The van der Waals surface area contributed by atoms with Crippen LogP contribution in [0.1, 0.15) is 30.4 Å². The molecule has 8 nitrogen and oxygen atoms in total. The van der Waals surface area contributed by atoms with Crippen molar-refractivity contribution < 1.29 is 22.8 Å². The lowest BCUT2D eigenvalue weighted by Crippen LogP contribution is -2.50. The van der Waals surface area contributed by atoms with E-state index in [9.17, 15) is 22.8 Å². The summed E-state index contributed by atoms with van der Waals surface area (Å²) in [5.74, 6) is -0.851. The van der Waals surface area contributed by atoms with Crippen molar-refractivity contribution >= 4 is 27.7 Å². The van der Waals surface area contributed by atoms with Gasteiger partial charge in [0.2, 0.25) is 5.91 Å². The lowest BCUT2D eigenvalue weighted by molar-refractivity contribution is -0.140. The van der Waals surface area contributed by atoms with Crippen molar-refractivity contribution in [2.45, 2.75) is 43.3 Å². The van der Waals surface area contributed by atoms with E-state index in [0.717, 1.165) is 23.3 Å². The summed E-state index contributed by atoms with van der Waals surface area (Å²) in [4.78, 5) is 42.8. The minimum atomic E-state index is -3.17. The zero-order chi connectivity index (χ0) is 23.9. The van der Waals surface area contributed by atoms with Crippen LogP contribution in [0.25, 0.3) is 0 Å². The maximum Gasteiger partial charge on any atom is 0.325 e. The van der Waals surface area contributed by atoms with Gasteiger partial charge in [-0.15, -0.1) is 0 Å². The van der Waals surface area contributed by atoms with E-state index < -0.39 is 39.9 Å². The summed E-state index contributed by atoms with van der Waals surface area (Å²) in [6.45, 7) is -0.402. The highest BCUT2D eigenvalue weighted by Crippen LogP contribution is 2.35. The van der Waals surface area contributed by atoms with E-state index in [2.05, 4.69) is 5.32 Å². The molecular formula is C25H27N3O5S. The van der Waals surface area contributed by atoms with Crippen LogP contribution in [0.5, 0.6) is 0 Å². The number of sulfone groups is 1. The summed E-state index contributed by atoms with van der Waals surface area (Å²) >= 11 is 0. The van der Waals surface area contributed by atoms with Crippen LogP contribution in [0, 0.1) is 0 Å². The highest BCUT2D eigenvalue weighted by Gasteiger charge is 2.53. The number of rotatable bonds is 7. The number of hydrogen-bond acceptors (Lipinski definition) is 5. The second-order valence-corrected chi connectivity index (χ2v) is 11.6. The van der Waals surface area contributed by atoms with Gasteiger partial charge in [-0.1, -0.05) is 60.7 Å². The van der Waals surface area contributed by atoms with Gasteiger partial charge in [0, 0.05) is 18.5 Å². The predicted molar refractivity (Wildman–Crippen MR) is 125 cm³/mol. The van der Waals surface area contributed by atoms with Gasteiger partial charge in [0.25, 0.3) is 5.91 Å². The molecule has 9 heteroatoms. The van der Waals surface area contributed by atoms with Crippen LogP contribution in [-0.2, 0) is 31.4 Å². The molecule has 0 aromatic heterocycles. The van der Waals surface area contributed by atoms with Gasteiger partial charge in [0.1, 0.15) is 6.54 Å². The zero-order valence-electron chi connectivity index (χ0n) is 18.7. The summed E-state index contributed by atoms with van der Waals surface area (Å²) in [5, 5.41) is 2.87. The highest BCUT2D eigenvalue weighted by atomic mass is 32.2. The molecule has 2 saturated heterocycles. The molecule has 34 heavy (non-hydrogen) atoms. The minimum Gasteiger partial charge on any atom is -0.334 e. The molecule has 0 radical (unpaired) electrons. The third-order valence-corrected chi connectivity index (χ3v) is 8.63. The van der Waals surface area contributed by atoms with Gasteiger partial charge in [0.15, 0.2) is 15.4 Å². The Bertz CT molecular complexity index is 1210. The molecular weight excluding hydrogens is 454 g/mol. The van der Waals surface area contributed by atoms with E-state index in [1.807, 2.05) is 48.5 Å². The largest absolute Gasteiger partial charge is 0.334 e. The van der Waals surface area contributed by atoms with Crippen LogP contribution < -0.4 is 5.32 Å². The fourth-order valence-corrected chi connectivity index (χ4v) is 6.79. The maximum atomic E-state index is 13.8. The average Bonchev–Trinajstić information content (AvgIpc) is 3.55. The number of nitrogens with one attached hydrogen (secondary N) is 1. The van der Waals surface area contributed by atoms with Gasteiger partial charge in [0.05, 0.1) is 11.5 Å².